The summed E-state index contributed by atoms with van der Waals surface area (Å²) < 4.78 is 25.0. The van der Waals surface area contributed by atoms with Crippen molar-refractivity contribution < 1.29 is 18.4 Å². The SMILES string of the molecule is O=C(CCn1ccc(=O)[nH]c1=O)OCc1cc(-c2ccccc2F)on1. The van der Waals surface area contributed by atoms with E-state index in [2.05, 4.69) is 10.1 Å². The average molecular weight is 359 g/mol. The molecule has 2 heterocycles. The molecule has 8 nitrogen and oxygen atoms in total. The molecule has 26 heavy (non-hydrogen) atoms. The smallest absolute Gasteiger partial charge is 0.328 e. The summed E-state index contributed by atoms with van der Waals surface area (Å²) in [6.45, 7) is -0.0783. The van der Waals surface area contributed by atoms with E-state index in [0.717, 1.165) is 0 Å². The Kier molecular flexibility index (Phi) is 5.07. The minimum absolute atomic E-state index is 0.0632. The molecule has 0 radical (unpaired) electrons. The lowest BCUT2D eigenvalue weighted by Crippen LogP contribution is -2.29. The van der Waals surface area contributed by atoms with E-state index in [4.69, 9.17) is 9.26 Å². The van der Waals surface area contributed by atoms with Crippen molar-refractivity contribution in [1.29, 1.82) is 0 Å². The number of H-pyrrole nitrogens is 1. The summed E-state index contributed by atoms with van der Waals surface area (Å²) in [5.74, 6) is -0.772. The fourth-order valence-corrected chi connectivity index (χ4v) is 2.23. The maximum Gasteiger partial charge on any atom is 0.328 e. The normalized spacial score (nSPS) is 10.7. The van der Waals surface area contributed by atoms with Crippen LogP contribution in [0, 0.1) is 5.82 Å². The summed E-state index contributed by atoms with van der Waals surface area (Å²) in [4.78, 5) is 36.3. The third-order valence-corrected chi connectivity index (χ3v) is 3.53. The molecule has 1 N–H and O–H groups in total. The molecule has 0 spiro atoms. The molecule has 0 unspecified atom stereocenters. The van der Waals surface area contributed by atoms with Gasteiger partial charge in [-0.3, -0.25) is 14.6 Å². The molecule has 0 amide bonds. The molecule has 2 aromatic heterocycles. The summed E-state index contributed by atoms with van der Waals surface area (Å²) >= 11 is 0. The third-order valence-electron chi connectivity index (χ3n) is 3.53. The van der Waals surface area contributed by atoms with Gasteiger partial charge in [0.1, 0.15) is 18.1 Å². The molecule has 9 heteroatoms. The predicted octanol–water partition coefficient (Wildman–Crippen LogP) is 1.46. The Bertz CT molecular complexity index is 1040. The van der Waals surface area contributed by atoms with Crippen LogP contribution in [0.15, 0.2) is 56.7 Å². The molecule has 0 atom stereocenters. The van der Waals surface area contributed by atoms with Gasteiger partial charge >= 0.3 is 11.7 Å². The number of hydrogen-bond acceptors (Lipinski definition) is 6. The van der Waals surface area contributed by atoms with Crippen LogP contribution in [-0.2, 0) is 22.7 Å². The van der Waals surface area contributed by atoms with Crippen LogP contribution >= 0.6 is 0 Å². The van der Waals surface area contributed by atoms with Gasteiger partial charge in [0.05, 0.1) is 12.0 Å². The minimum Gasteiger partial charge on any atom is -0.459 e. The van der Waals surface area contributed by atoms with Crippen molar-refractivity contribution in [3.63, 3.8) is 0 Å². The average Bonchev–Trinajstić information content (AvgIpc) is 3.08. The van der Waals surface area contributed by atoms with E-state index in [9.17, 15) is 18.8 Å². The monoisotopic (exact) mass is 359 g/mol. The van der Waals surface area contributed by atoms with Crippen molar-refractivity contribution in [1.82, 2.24) is 14.7 Å². The zero-order valence-electron chi connectivity index (χ0n) is 13.5. The van der Waals surface area contributed by atoms with Crippen LogP contribution < -0.4 is 11.2 Å². The summed E-state index contributed by atoms with van der Waals surface area (Å²) in [5.41, 5.74) is -0.519. The van der Waals surface area contributed by atoms with Crippen molar-refractivity contribution in [3.05, 3.63) is 74.9 Å². The van der Waals surface area contributed by atoms with Crippen LogP contribution in [-0.4, -0.2) is 20.7 Å². The van der Waals surface area contributed by atoms with Gasteiger partial charge in [-0.15, -0.1) is 0 Å². The molecule has 134 valence electrons. The lowest BCUT2D eigenvalue weighted by molar-refractivity contribution is -0.145. The van der Waals surface area contributed by atoms with Crippen LogP contribution in [0.5, 0.6) is 0 Å². The summed E-state index contributed by atoms with van der Waals surface area (Å²) in [6, 6.07) is 8.75. The van der Waals surface area contributed by atoms with Gasteiger partial charge in [0.15, 0.2) is 5.76 Å². The summed E-state index contributed by atoms with van der Waals surface area (Å²) in [7, 11) is 0. The van der Waals surface area contributed by atoms with E-state index in [0.29, 0.717) is 5.69 Å². The fraction of sp³-hybridized carbons (Fsp3) is 0.176. The number of rotatable bonds is 6. The van der Waals surface area contributed by atoms with Gasteiger partial charge in [-0.2, -0.15) is 0 Å². The maximum atomic E-state index is 13.7. The molecule has 3 rings (SSSR count). The van der Waals surface area contributed by atoms with E-state index in [1.165, 1.54) is 29.0 Å². The number of carbonyl (C=O) groups is 1. The second-order valence-corrected chi connectivity index (χ2v) is 5.38. The first-order chi connectivity index (χ1) is 12.5. The van der Waals surface area contributed by atoms with Crippen LogP contribution in [0.25, 0.3) is 11.3 Å². The van der Waals surface area contributed by atoms with E-state index in [-0.39, 0.29) is 30.9 Å². The van der Waals surface area contributed by atoms with Crippen molar-refractivity contribution >= 4 is 5.97 Å². The number of benzene rings is 1. The highest BCUT2D eigenvalue weighted by atomic mass is 19.1. The number of aromatic nitrogens is 3. The topological polar surface area (TPSA) is 107 Å². The lowest BCUT2D eigenvalue weighted by Gasteiger charge is -2.04. The third kappa shape index (κ3) is 4.12. The summed E-state index contributed by atoms with van der Waals surface area (Å²) in [5, 5.41) is 3.73. The van der Waals surface area contributed by atoms with Gasteiger partial charge in [-0.1, -0.05) is 17.3 Å². The fourth-order valence-electron chi connectivity index (χ4n) is 2.23. The predicted molar refractivity (Wildman–Crippen MR) is 87.6 cm³/mol. The highest BCUT2D eigenvalue weighted by Crippen LogP contribution is 2.23. The van der Waals surface area contributed by atoms with Gasteiger partial charge in [-0.25, -0.2) is 9.18 Å². The Labute approximate surface area is 145 Å². The van der Waals surface area contributed by atoms with Crippen molar-refractivity contribution in [2.45, 2.75) is 19.6 Å². The first-order valence-corrected chi connectivity index (χ1v) is 7.69. The van der Waals surface area contributed by atoms with Gasteiger partial charge in [-0.05, 0) is 12.1 Å². The van der Waals surface area contributed by atoms with Crippen molar-refractivity contribution in [3.8, 4) is 11.3 Å². The first kappa shape index (κ1) is 17.3. The molecule has 0 aliphatic rings. The number of nitrogens with zero attached hydrogens (tertiary/aromatic N) is 2. The van der Waals surface area contributed by atoms with E-state index in [1.54, 1.807) is 18.2 Å². The first-order valence-electron chi connectivity index (χ1n) is 7.69. The molecule has 1 aromatic carbocycles. The number of aromatic amines is 1. The number of carbonyl (C=O) groups excluding carboxylic acids is 1. The molecular weight excluding hydrogens is 345 g/mol. The van der Waals surface area contributed by atoms with Gasteiger partial charge < -0.3 is 13.8 Å². The Morgan fingerprint density at radius 3 is 2.85 bits per heavy atom. The standard InChI is InChI=1S/C17H14FN3O5/c18-13-4-2-1-3-12(13)14-9-11(20-26-14)10-25-16(23)6-8-21-7-5-15(22)19-17(21)24/h1-5,7,9H,6,8,10H2,(H,19,22,24). The maximum absolute atomic E-state index is 13.7. The van der Waals surface area contributed by atoms with Crippen molar-refractivity contribution in [2.75, 3.05) is 0 Å². The Morgan fingerprint density at radius 2 is 2.08 bits per heavy atom. The molecule has 0 fully saturated rings. The van der Waals surface area contributed by atoms with Crippen molar-refractivity contribution in [2.24, 2.45) is 0 Å². The highest BCUT2D eigenvalue weighted by Gasteiger charge is 2.12. The lowest BCUT2D eigenvalue weighted by atomic mass is 10.1. The van der Waals surface area contributed by atoms with E-state index < -0.39 is 23.0 Å². The molecule has 3 aromatic rings. The largest absolute Gasteiger partial charge is 0.459 e. The Morgan fingerprint density at radius 1 is 1.27 bits per heavy atom. The van der Waals surface area contributed by atoms with Crippen LogP contribution in [0.2, 0.25) is 0 Å². The molecule has 0 aliphatic carbocycles. The zero-order chi connectivity index (χ0) is 18.5. The van der Waals surface area contributed by atoms with Gasteiger partial charge in [0.2, 0.25) is 0 Å². The van der Waals surface area contributed by atoms with E-state index in [1.807, 2.05) is 0 Å². The minimum atomic E-state index is -0.601. The van der Waals surface area contributed by atoms with Crippen LogP contribution in [0.3, 0.4) is 0 Å². The number of ether oxygens (including phenoxy) is 1. The number of halogens is 1. The molecule has 0 saturated carbocycles. The number of nitrogens with one attached hydrogen (secondary N) is 1. The highest BCUT2D eigenvalue weighted by molar-refractivity contribution is 5.69. The molecule has 0 aliphatic heterocycles. The number of esters is 1. The summed E-state index contributed by atoms with van der Waals surface area (Å²) in [6.07, 6.45) is 1.23. The van der Waals surface area contributed by atoms with Gasteiger partial charge in [0, 0.05) is 24.9 Å². The quantitative estimate of drug-likeness (QED) is 0.668. The Balaban J connectivity index is 1.54. The molecule has 0 saturated heterocycles. The van der Waals surface area contributed by atoms with E-state index >= 15 is 0 Å². The second-order valence-electron chi connectivity index (χ2n) is 5.38. The molecule has 0 bridgehead atoms. The van der Waals surface area contributed by atoms with Crippen LogP contribution in [0.1, 0.15) is 12.1 Å². The number of aryl methyl sites for hydroxylation is 1. The van der Waals surface area contributed by atoms with Crippen LogP contribution in [0.4, 0.5) is 4.39 Å². The van der Waals surface area contributed by atoms with Gasteiger partial charge in [0.25, 0.3) is 5.56 Å². The number of hydrogen-bond donors (Lipinski definition) is 1. The zero-order valence-corrected chi connectivity index (χ0v) is 13.5. The Hall–Kier alpha value is -3.49. The second kappa shape index (κ2) is 7.60. The molecular formula is C17H14FN3O5.